The molecular weight excluding hydrogens is 231 g/mol. The number of aliphatic hydroxyl groups is 1. The number of rotatable bonds is 3. The monoisotopic (exact) mass is 243 g/mol. The second kappa shape index (κ2) is 5.69. The van der Waals surface area contributed by atoms with E-state index in [0.29, 0.717) is 12.8 Å². The van der Waals surface area contributed by atoms with Crippen LogP contribution < -0.4 is 0 Å². The third kappa shape index (κ3) is 4.08. The Morgan fingerprint density at radius 3 is 2.59 bits per heavy atom. The Labute approximate surface area is 97.5 Å². The van der Waals surface area contributed by atoms with E-state index in [2.05, 4.69) is 16.8 Å². The topological polar surface area (TPSA) is 33.1 Å². The molecule has 0 bridgehead atoms. The molecule has 1 N–H and O–H groups in total. The molecule has 17 heavy (non-hydrogen) atoms. The first-order chi connectivity index (χ1) is 7.95. The number of hydrogen-bond donors (Lipinski definition) is 1. The van der Waals surface area contributed by atoms with Gasteiger partial charge in [0.05, 0.1) is 17.4 Å². The largest absolute Gasteiger partial charge is 0.417 e. The van der Waals surface area contributed by atoms with Crippen LogP contribution in [0.5, 0.6) is 0 Å². The maximum atomic E-state index is 12.2. The minimum absolute atomic E-state index is 0.232. The summed E-state index contributed by atoms with van der Waals surface area (Å²) in [6, 6.07) is 2.10. The van der Waals surface area contributed by atoms with Crippen molar-refractivity contribution in [2.45, 2.75) is 32.0 Å². The van der Waals surface area contributed by atoms with E-state index in [1.807, 2.05) is 0 Å². The van der Waals surface area contributed by atoms with Crippen LogP contribution in [0, 0.1) is 11.8 Å². The predicted octanol–water partition coefficient (Wildman–Crippen LogP) is 2.94. The van der Waals surface area contributed by atoms with Crippen LogP contribution in [0.1, 0.15) is 37.1 Å². The standard InChI is InChI=1S/C12H12F3NO/c1-2-3-4-5-11(17)10-7-6-9(8-16-10)12(13,14)15/h6-8,11,17H,4-5H2,1H3. The van der Waals surface area contributed by atoms with E-state index in [1.165, 1.54) is 6.07 Å². The lowest BCUT2D eigenvalue weighted by molar-refractivity contribution is -0.137. The molecule has 0 aromatic carbocycles. The molecule has 0 radical (unpaired) electrons. The van der Waals surface area contributed by atoms with Crippen LogP contribution in [0.25, 0.3) is 0 Å². The number of aromatic nitrogens is 1. The van der Waals surface area contributed by atoms with Gasteiger partial charge >= 0.3 is 6.18 Å². The molecule has 0 aliphatic heterocycles. The average molecular weight is 243 g/mol. The molecule has 0 amide bonds. The first kappa shape index (κ1) is 13.5. The molecule has 0 aliphatic rings. The highest BCUT2D eigenvalue weighted by Gasteiger charge is 2.30. The van der Waals surface area contributed by atoms with Gasteiger partial charge in [-0.3, -0.25) is 4.98 Å². The van der Waals surface area contributed by atoms with Crippen LogP contribution in [-0.2, 0) is 6.18 Å². The van der Waals surface area contributed by atoms with Crippen molar-refractivity contribution in [2.75, 3.05) is 0 Å². The molecule has 5 heteroatoms. The molecule has 1 aromatic rings. The molecule has 1 atom stereocenters. The highest BCUT2D eigenvalue weighted by Crippen LogP contribution is 2.29. The summed E-state index contributed by atoms with van der Waals surface area (Å²) in [7, 11) is 0. The third-order valence-corrected chi connectivity index (χ3v) is 2.17. The number of aliphatic hydroxyl groups excluding tert-OH is 1. The Balaban J connectivity index is 2.69. The Hall–Kier alpha value is -1.54. The Kier molecular flexibility index (Phi) is 4.53. The first-order valence-electron chi connectivity index (χ1n) is 5.06. The van der Waals surface area contributed by atoms with Gasteiger partial charge in [0.1, 0.15) is 0 Å². The minimum Gasteiger partial charge on any atom is -0.387 e. The van der Waals surface area contributed by atoms with Gasteiger partial charge in [-0.05, 0) is 25.5 Å². The zero-order valence-electron chi connectivity index (χ0n) is 9.25. The lowest BCUT2D eigenvalue weighted by Crippen LogP contribution is -2.07. The van der Waals surface area contributed by atoms with Crippen LogP contribution in [0.15, 0.2) is 18.3 Å². The molecule has 0 fully saturated rings. The second-order valence-corrected chi connectivity index (χ2v) is 3.45. The summed E-state index contributed by atoms with van der Waals surface area (Å²) < 4.78 is 36.7. The second-order valence-electron chi connectivity index (χ2n) is 3.45. The summed E-state index contributed by atoms with van der Waals surface area (Å²) in [5.41, 5.74) is -0.585. The van der Waals surface area contributed by atoms with Crippen molar-refractivity contribution >= 4 is 0 Å². The summed E-state index contributed by atoms with van der Waals surface area (Å²) in [4.78, 5) is 3.61. The van der Waals surface area contributed by atoms with Crippen LogP contribution in [0.2, 0.25) is 0 Å². The van der Waals surface area contributed by atoms with Crippen LogP contribution in [0.4, 0.5) is 13.2 Å². The van der Waals surface area contributed by atoms with E-state index >= 15 is 0 Å². The highest BCUT2D eigenvalue weighted by atomic mass is 19.4. The van der Waals surface area contributed by atoms with Crippen LogP contribution >= 0.6 is 0 Å². The van der Waals surface area contributed by atoms with Crippen molar-refractivity contribution in [3.8, 4) is 11.8 Å². The number of alkyl halides is 3. The van der Waals surface area contributed by atoms with E-state index in [-0.39, 0.29) is 5.69 Å². The fourth-order valence-corrected chi connectivity index (χ4v) is 1.25. The molecule has 1 rings (SSSR count). The molecule has 1 unspecified atom stereocenters. The van der Waals surface area contributed by atoms with Gasteiger partial charge in [0.15, 0.2) is 0 Å². The van der Waals surface area contributed by atoms with Crippen molar-refractivity contribution in [1.29, 1.82) is 0 Å². The normalized spacial score (nSPS) is 12.8. The van der Waals surface area contributed by atoms with E-state index in [4.69, 9.17) is 0 Å². The maximum absolute atomic E-state index is 12.2. The number of halogens is 3. The van der Waals surface area contributed by atoms with Crippen molar-refractivity contribution in [3.63, 3.8) is 0 Å². The fourth-order valence-electron chi connectivity index (χ4n) is 1.25. The summed E-state index contributed by atoms with van der Waals surface area (Å²) in [6.07, 6.45) is -3.70. The smallest absolute Gasteiger partial charge is 0.387 e. The van der Waals surface area contributed by atoms with Gasteiger partial charge < -0.3 is 5.11 Å². The quantitative estimate of drug-likeness (QED) is 0.828. The van der Waals surface area contributed by atoms with Gasteiger partial charge in [0.25, 0.3) is 0 Å². The van der Waals surface area contributed by atoms with Gasteiger partial charge in [-0.15, -0.1) is 11.8 Å². The molecule has 0 saturated carbocycles. The molecule has 2 nitrogen and oxygen atoms in total. The lowest BCUT2D eigenvalue weighted by Gasteiger charge is -2.10. The van der Waals surface area contributed by atoms with Gasteiger partial charge in [-0.2, -0.15) is 13.2 Å². The summed E-state index contributed by atoms with van der Waals surface area (Å²) >= 11 is 0. The van der Waals surface area contributed by atoms with Gasteiger partial charge in [-0.1, -0.05) is 0 Å². The summed E-state index contributed by atoms with van der Waals surface area (Å²) in [5, 5.41) is 9.63. The van der Waals surface area contributed by atoms with E-state index in [0.717, 1.165) is 12.3 Å². The van der Waals surface area contributed by atoms with Gasteiger partial charge in [0.2, 0.25) is 0 Å². The molecule has 1 heterocycles. The predicted molar refractivity (Wildman–Crippen MR) is 56.9 cm³/mol. The van der Waals surface area contributed by atoms with Gasteiger partial charge in [-0.25, -0.2) is 0 Å². The highest BCUT2D eigenvalue weighted by molar-refractivity contribution is 5.18. The molecule has 0 spiro atoms. The third-order valence-electron chi connectivity index (χ3n) is 2.17. The van der Waals surface area contributed by atoms with Crippen molar-refractivity contribution in [3.05, 3.63) is 29.6 Å². The van der Waals surface area contributed by atoms with Gasteiger partial charge in [0, 0.05) is 12.6 Å². The lowest BCUT2D eigenvalue weighted by atomic mass is 10.1. The van der Waals surface area contributed by atoms with Crippen LogP contribution in [-0.4, -0.2) is 10.1 Å². The van der Waals surface area contributed by atoms with Crippen molar-refractivity contribution in [1.82, 2.24) is 4.98 Å². The van der Waals surface area contributed by atoms with Crippen LogP contribution in [0.3, 0.4) is 0 Å². The maximum Gasteiger partial charge on any atom is 0.417 e. The zero-order chi connectivity index (χ0) is 12.9. The summed E-state index contributed by atoms with van der Waals surface area (Å²) in [6.45, 7) is 1.68. The minimum atomic E-state index is -4.40. The number of hydrogen-bond acceptors (Lipinski definition) is 2. The number of pyridine rings is 1. The van der Waals surface area contributed by atoms with Crippen molar-refractivity contribution in [2.24, 2.45) is 0 Å². The van der Waals surface area contributed by atoms with Crippen molar-refractivity contribution < 1.29 is 18.3 Å². The SMILES string of the molecule is CC#CCCC(O)c1ccc(C(F)(F)F)cn1. The Morgan fingerprint density at radius 1 is 1.41 bits per heavy atom. The fraction of sp³-hybridized carbons (Fsp3) is 0.417. The molecule has 1 aromatic heterocycles. The molecule has 0 aliphatic carbocycles. The first-order valence-corrected chi connectivity index (χ1v) is 5.06. The molecular formula is C12H12F3NO. The Bertz CT molecular complexity index is 414. The summed E-state index contributed by atoms with van der Waals surface area (Å²) in [5.74, 6) is 5.44. The number of nitrogens with zero attached hydrogens (tertiary/aromatic N) is 1. The van der Waals surface area contributed by atoms with E-state index < -0.39 is 17.8 Å². The molecule has 0 saturated heterocycles. The Morgan fingerprint density at radius 2 is 2.12 bits per heavy atom. The zero-order valence-corrected chi connectivity index (χ0v) is 9.25. The molecule has 92 valence electrons. The van der Waals surface area contributed by atoms with E-state index in [9.17, 15) is 18.3 Å². The average Bonchev–Trinajstić information content (AvgIpc) is 2.28. The van der Waals surface area contributed by atoms with E-state index in [1.54, 1.807) is 6.92 Å².